The molecule has 0 amide bonds. The van der Waals surface area contributed by atoms with Gasteiger partial charge >= 0.3 is 5.69 Å². The van der Waals surface area contributed by atoms with Crippen LogP contribution in [0.2, 0.25) is 0 Å². The fraction of sp³-hybridized carbons (Fsp3) is 0.417. The highest BCUT2D eigenvalue weighted by molar-refractivity contribution is 7.09. The van der Waals surface area contributed by atoms with Crippen molar-refractivity contribution < 1.29 is 4.92 Å². The first kappa shape index (κ1) is 15.1. The Bertz CT molecular complexity index is 589. The van der Waals surface area contributed by atoms with Crippen LogP contribution in [0.3, 0.4) is 0 Å². The summed E-state index contributed by atoms with van der Waals surface area (Å²) in [7, 11) is 0. The highest BCUT2D eigenvalue weighted by atomic mass is 32.1. The first-order chi connectivity index (χ1) is 10.2. The van der Waals surface area contributed by atoms with Crippen LogP contribution in [0.25, 0.3) is 0 Å². The van der Waals surface area contributed by atoms with E-state index in [0.29, 0.717) is 18.9 Å². The zero-order valence-corrected chi connectivity index (χ0v) is 12.4. The van der Waals surface area contributed by atoms with E-state index in [1.54, 1.807) is 17.5 Å². The predicted molar refractivity (Wildman–Crippen MR) is 81.8 cm³/mol. The molecule has 112 valence electrons. The second kappa shape index (κ2) is 7.48. The molecule has 0 aliphatic carbocycles. The van der Waals surface area contributed by atoms with Crippen molar-refractivity contribution in [2.24, 2.45) is 0 Å². The zero-order chi connectivity index (χ0) is 15.1. The van der Waals surface area contributed by atoms with Crippen LogP contribution < -0.4 is 10.6 Å². The van der Waals surface area contributed by atoms with E-state index >= 15 is 0 Å². The second-order valence-corrected chi connectivity index (χ2v) is 5.19. The highest BCUT2D eigenvalue weighted by Crippen LogP contribution is 2.22. The predicted octanol–water partition coefficient (Wildman–Crippen LogP) is 2.32. The maximum absolute atomic E-state index is 11.0. The Hall–Kier alpha value is -2.29. The van der Waals surface area contributed by atoms with Crippen LogP contribution in [-0.4, -0.2) is 33.0 Å². The van der Waals surface area contributed by atoms with Gasteiger partial charge in [0.1, 0.15) is 6.20 Å². The summed E-state index contributed by atoms with van der Waals surface area (Å²) in [6.45, 7) is 3.26. The fourth-order valence-corrected chi connectivity index (χ4v) is 2.25. The van der Waals surface area contributed by atoms with Gasteiger partial charge in [-0.3, -0.25) is 10.1 Å². The molecular weight excluding hydrogens is 292 g/mol. The van der Waals surface area contributed by atoms with E-state index < -0.39 is 4.92 Å². The van der Waals surface area contributed by atoms with E-state index in [4.69, 9.17) is 0 Å². The summed E-state index contributed by atoms with van der Waals surface area (Å²) in [5.41, 5.74) is -0.129. The monoisotopic (exact) mass is 308 g/mol. The zero-order valence-electron chi connectivity index (χ0n) is 11.6. The summed E-state index contributed by atoms with van der Waals surface area (Å²) >= 11 is 1.55. The summed E-state index contributed by atoms with van der Waals surface area (Å²) in [6, 6.07) is 0. The van der Waals surface area contributed by atoms with Crippen molar-refractivity contribution in [3.05, 3.63) is 32.9 Å². The molecule has 0 aliphatic rings. The Morgan fingerprint density at radius 3 is 2.86 bits per heavy atom. The van der Waals surface area contributed by atoms with E-state index in [-0.39, 0.29) is 11.5 Å². The molecule has 0 saturated carbocycles. The second-order valence-electron chi connectivity index (χ2n) is 4.21. The van der Waals surface area contributed by atoms with Crippen molar-refractivity contribution in [1.82, 2.24) is 15.0 Å². The Morgan fingerprint density at radius 1 is 1.33 bits per heavy atom. The van der Waals surface area contributed by atoms with Crippen molar-refractivity contribution in [3.63, 3.8) is 0 Å². The normalized spacial score (nSPS) is 10.3. The van der Waals surface area contributed by atoms with Gasteiger partial charge in [-0.05, 0) is 6.42 Å². The minimum absolute atomic E-state index is 0.129. The number of nitrogens with one attached hydrogen (secondary N) is 2. The number of hydrogen-bond acceptors (Lipinski definition) is 8. The molecule has 0 aromatic carbocycles. The van der Waals surface area contributed by atoms with Gasteiger partial charge in [-0.15, -0.1) is 11.3 Å². The van der Waals surface area contributed by atoms with Gasteiger partial charge < -0.3 is 10.6 Å². The standard InChI is InChI=1S/C12H16N6O2S/c1-2-4-15-12-16-8-9(18(19)20)11(17-12)14-5-3-10-13-6-7-21-10/h6-8H,2-5H2,1H3,(H2,14,15,16,17). The van der Waals surface area contributed by atoms with Crippen molar-refractivity contribution >= 4 is 28.8 Å². The van der Waals surface area contributed by atoms with Crippen molar-refractivity contribution in [3.8, 4) is 0 Å². The number of rotatable bonds is 8. The quantitative estimate of drug-likeness (QED) is 0.569. The lowest BCUT2D eigenvalue weighted by Gasteiger charge is -2.07. The lowest BCUT2D eigenvalue weighted by molar-refractivity contribution is -0.384. The molecule has 2 aromatic heterocycles. The average molecular weight is 308 g/mol. The van der Waals surface area contributed by atoms with Gasteiger partial charge in [0.05, 0.1) is 9.93 Å². The van der Waals surface area contributed by atoms with Gasteiger partial charge in [-0.25, -0.2) is 9.97 Å². The molecule has 9 heteroatoms. The van der Waals surface area contributed by atoms with E-state index in [1.807, 2.05) is 12.3 Å². The van der Waals surface area contributed by atoms with E-state index in [9.17, 15) is 10.1 Å². The molecule has 0 spiro atoms. The van der Waals surface area contributed by atoms with Gasteiger partial charge in [0, 0.05) is 31.1 Å². The minimum atomic E-state index is -0.491. The molecule has 2 rings (SSSR count). The van der Waals surface area contributed by atoms with Crippen LogP contribution in [0, 0.1) is 10.1 Å². The molecular formula is C12H16N6O2S. The summed E-state index contributed by atoms with van der Waals surface area (Å²) in [6.07, 6.45) is 4.57. The van der Waals surface area contributed by atoms with Crippen molar-refractivity contribution in [2.45, 2.75) is 19.8 Å². The third kappa shape index (κ3) is 4.35. The third-order valence-corrected chi connectivity index (χ3v) is 3.45. The smallest absolute Gasteiger partial charge is 0.329 e. The number of thiazole rings is 1. The van der Waals surface area contributed by atoms with Crippen LogP contribution in [0.4, 0.5) is 17.5 Å². The average Bonchev–Trinajstić information content (AvgIpc) is 2.98. The molecule has 2 N–H and O–H groups in total. The maximum Gasteiger partial charge on any atom is 0.329 e. The number of anilines is 2. The van der Waals surface area contributed by atoms with Gasteiger partial charge in [-0.1, -0.05) is 6.92 Å². The number of nitro groups is 1. The van der Waals surface area contributed by atoms with Crippen molar-refractivity contribution in [1.29, 1.82) is 0 Å². The van der Waals surface area contributed by atoms with Gasteiger partial charge in [0.25, 0.3) is 0 Å². The van der Waals surface area contributed by atoms with Gasteiger partial charge in [0.15, 0.2) is 0 Å². The van der Waals surface area contributed by atoms with Crippen LogP contribution >= 0.6 is 11.3 Å². The summed E-state index contributed by atoms with van der Waals surface area (Å²) in [5.74, 6) is 0.615. The van der Waals surface area contributed by atoms with Crippen LogP contribution in [0.15, 0.2) is 17.8 Å². The van der Waals surface area contributed by atoms with Crippen molar-refractivity contribution in [2.75, 3.05) is 23.7 Å². The van der Waals surface area contributed by atoms with Crippen LogP contribution in [0.5, 0.6) is 0 Å². The topological polar surface area (TPSA) is 106 Å². The molecule has 0 unspecified atom stereocenters. The lowest BCUT2D eigenvalue weighted by Crippen LogP contribution is -2.11. The van der Waals surface area contributed by atoms with E-state index in [0.717, 1.165) is 18.0 Å². The summed E-state index contributed by atoms with van der Waals surface area (Å²) in [4.78, 5) is 22.8. The maximum atomic E-state index is 11.0. The van der Waals surface area contributed by atoms with Gasteiger partial charge in [-0.2, -0.15) is 4.98 Å². The Balaban J connectivity index is 2.04. The lowest BCUT2D eigenvalue weighted by atomic mass is 10.4. The molecule has 2 aromatic rings. The molecule has 21 heavy (non-hydrogen) atoms. The molecule has 0 radical (unpaired) electrons. The summed E-state index contributed by atoms with van der Waals surface area (Å²) in [5, 5.41) is 19.9. The number of hydrogen-bond donors (Lipinski definition) is 2. The number of aromatic nitrogens is 3. The first-order valence-corrected chi connectivity index (χ1v) is 7.46. The molecule has 0 atom stereocenters. The molecule has 0 bridgehead atoms. The Morgan fingerprint density at radius 2 is 2.19 bits per heavy atom. The van der Waals surface area contributed by atoms with Crippen LogP contribution in [0.1, 0.15) is 18.4 Å². The Kier molecular flexibility index (Phi) is 5.38. The SMILES string of the molecule is CCCNc1ncc([N+](=O)[O-])c(NCCc2nccs2)n1. The molecule has 8 nitrogen and oxygen atoms in total. The third-order valence-electron chi connectivity index (χ3n) is 2.61. The fourth-order valence-electron chi connectivity index (χ4n) is 1.63. The van der Waals surface area contributed by atoms with E-state index in [2.05, 4.69) is 25.6 Å². The molecule has 0 fully saturated rings. The number of nitrogens with zero attached hydrogens (tertiary/aromatic N) is 4. The molecule has 0 saturated heterocycles. The first-order valence-electron chi connectivity index (χ1n) is 6.58. The van der Waals surface area contributed by atoms with E-state index in [1.165, 1.54) is 6.20 Å². The Labute approximate surface area is 125 Å². The molecule has 2 heterocycles. The molecule has 0 aliphatic heterocycles. The van der Waals surface area contributed by atoms with Crippen LogP contribution in [-0.2, 0) is 6.42 Å². The largest absolute Gasteiger partial charge is 0.364 e. The highest BCUT2D eigenvalue weighted by Gasteiger charge is 2.16. The van der Waals surface area contributed by atoms with Gasteiger partial charge in [0.2, 0.25) is 11.8 Å². The minimum Gasteiger partial charge on any atom is -0.364 e. The summed E-state index contributed by atoms with van der Waals surface area (Å²) < 4.78 is 0.